The van der Waals surface area contributed by atoms with Crippen LogP contribution in [0.4, 0.5) is 0 Å². The molecule has 0 saturated heterocycles. The molecule has 16 heavy (non-hydrogen) atoms. The minimum atomic E-state index is 0.142. The van der Waals surface area contributed by atoms with Crippen molar-refractivity contribution in [1.29, 1.82) is 0 Å². The SMILES string of the molecule is CC1(C)C=COPOC1.CCCCCC=O. The van der Waals surface area contributed by atoms with Gasteiger partial charge in [-0.3, -0.25) is 0 Å². The van der Waals surface area contributed by atoms with E-state index < -0.39 is 0 Å². The molecule has 0 N–H and O–H groups in total. The summed E-state index contributed by atoms with van der Waals surface area (Å²) >= 11 is 0. The van der Waals surface area contributed by atoms with Gasteiger partial charge in [0.15, 0.2) is 0 Å². The Balaban J connectivity index is 0.000000293. The van der Waals surface area contributed by atoms with Crippen LogP contribution in [0.15, 0.2) is 12.3 Å². The molecule has 0 aromatic carbocycles. The van der Waals surface area contributed by atoms with Crippen LogP contribution in [0.2, 0.25) is 0 Å². The van der Waals surface area contributed by atoms with Gasteiger partial charge < -0.3 is 13.8 Å². The van der Waals surface area contributed by atoms with Gasteiger partial charge in [0.1, 0.15) is 6.29 Å². The molecular formula is C12H23O3P. The highest BCUT2D eigenvalue weighted by atomic mass is 31.1. The number of carbonyl (C=O) groups is 1. The van der Waals surface area contributed by atoms with E-state index in [1.165, 1.54) is 12.8 Å². The summed E-state index contributed by atoms with van der Waals surface area (Å²) in [5.74, 6) is 0. The standard InChI is InChI=1S/C6H11O2P.C6H12O/c1-6(2)3-4-7-9-8-5-6;1-2-3-4-5-6-7/h3-4,9H,5H2,1-2H3;6H,2-5H2,1H3. The lowest BCUT2D eigenvalue weighted by Crippen LogP contribution is -2.12. The molecule has 1 unspecified atom stereocenters. The molecule has 94 valence electrons. The Bertz CT molecular complexity index is 202. The second-order valence-electron chi connectivity index (χ2n) is 4.44. The summed E-state index contributed by atoms with van der Waals surface area (Å²) in [6.45, 7) is 7.11. The molecule has 0 bridgehead atoms. The molecule has 0 spiro atoms. The van der Waals surface area contributed by atoms with E-state index in [9.17, 15) is 4.79 Å². The van der Waals surface area contributed by atoms with E-state index in [1.807, 2.05) is 6.08 Å². The Labute approximate surface area is 101 Å². The second kappa shape index (κ2) is 9.80. The van der Waals surface area contributed by atoms with Crippen LogP contribution in [-0.2, 0) is 13.8 Å². The molecule has 0 radical (unpaired) electrons. The topological polar surface area (TPSA) is 35.5 Å². The van der Waals surface area contributed by atoms with Crippen LogP contribution in [0.3, 0.4) is 0 Å². The molecule has 1 atom stereocenters. The minimum Gasteiger partial charge on any atom is -0.458 e. The fraction of sp³-hybridized carbons (Fsp3) is 0.750. The Kier molecular flexibility index (Phi) is 9.55. The zero-order valence-corrected chi connectivity index (χ0v) is 11.5. The van der Waals surface area contributed by atoms with E-state index in [2.05, 4.69) is 20.8 Å². The van der Waals surface area contributed by atoms with Crippen LogP contribution in [0.25, 0.3) is 0 Å². The highest BCUT2D eigenvalue weighted by molar-refractivity contribution is 7.26. The normalized spacial score (nSPS) is 19.2. The maximum absolute atomic E-state index is 9.68. The van der Waals surface area contributed by atoms with Crippen LogP contribution < -0.4 is 0 Å². The smallest absolute Gasteiger partial charge is 0.214 e. The Hall–Kier alpha value is -0.400. The summed E-state index contributed by atoms with van der Waals surface area (Å²) in [6.07, 6.45) is 8.93. The first-order valence-electron chi connectivity index (χ1n) is 5.76. The van der Waals surface area contributed by atoms with Crippen LogP contribution >= 0.6 is 9.03 Å². The van der Waals surface area contributed by atoms with Crippen molar-refractivity contribution in [2.75, 3.05) is 6.61 Å². The summed E-state index contributed by atoms with van der Waals surface area (Å²) in [4.78, 5) is 9.68. The molecule has 4 heteroatoms. The van der Waals surface area contributed by atoms with Crippen LogP contribution in [0, 0.1) is 5.41 Å². The van der Waals surface area contributed by atoms with Crippen LogP contribution in [0.5, 0.6) is 0 Å². The van der Waals surface area contributed by atoms with Crippen molar-refractivity contribution >= 4 is 15.3 Å². The minimum absolute atomic E-state index is 0.142. The Morgan fingerprint density at radius 3 is 2.81 bits per heavy atom. The highest BCUT2D eigenvalue weighted by Crippen LogP contribution is 2.27. The third-order valence-corrected chi connectivity index (χ3v) is 2.56. The summed E-state index contributed by atoms with van der Waals surface area (Å²) in [5.41, 5.74) is 0.142. The third kappa shape index (κ3) is 10.1. The average molecular weight is 246 g/mol. The molecule has 0 saturated carbocycles. The molecule has 1 aliphatic rings. The van der Waals surface area contributed by atoms with Crippen LogP contribution in [0.1, 0.15) is 46.5 Å². The number of hydrogen-bond donors (Lipinski definition) is 0. The van der Waals surface area contributed by atoms with Crippen molar-refractivity contribution in [3.8, 4) is 0 Å². The first-order chi connectivity index (χ1) is 7.62. The monoisotopic (exact) mass is 246 g/mol. The number of hydrogen-bond acceptors (Lipinski definition) is 3. The maximum Gasteiger partial charge on any atom is 0.214 e. The van der Waals surface area contributed by atoms with Gasteiger partial charge in [0.05, 0.1) is 12.9 Å². The molecular weight excluding hydrogens is 223 g/mol. The van der Waals surface area contributed by atoms with E-state index in [-0.39, 0.29) is 14.4 Å². The maximum atomic E-state index is 9.68. The predicted molar refractivity (Wildman–Crippen MR) is 68.5 cm³/mol. The fourth-order valence-corrected chi connectivity index (χ4v) is 1.64. The second-order valence-corrected chi connectivity index (χ2v) is 5.13. The molecule has 0 aromatic heterocycles. The van der Waals surface area contributed by atoms with Gasteiger partial charge in [-0.25, -0.2) is 0 Å². The lowest BCUT2D eigenvalue weighted by Gasteiger charge is -2.15. The van der Waals surface area contributed by atoms with Gasteiger partial charge in [0.2, 0.25) is 9.03 Å². The van der Waals surface area contributed by atoms with Crippen molar-refractivity contribution in [2.45, 2.75) is 46.5 Å². The van der Waals surface area contributed by atoms with Gasteiger partial charge in [0.25, 0.3) is 0 Å². The average Bonchev–Trinajstić information content (AvgIpc) is 2.44. The quantitative estimate of drug-likeness (QED) is 0.429. The number of rotatable bonds is 4. The highest BCUT2D eigenvalue weighted by Gasteiger charge is 2.15. The predicted octanol–water partition coefficient (Wildman–Crippen LogP) is 3.85. The largest absolute Gasteiger partial charge is 0.458 e. The van der Waals surface area contributed by atoms with Crippen LogP contribution in [-0.4, -0.2) is 12.9 Å². The molecule has 1 rings (SSSR count). The fourth-order valence-electron chi connectivity index (χ4n) is 1.02. The molecule has 0 aromatic rings. The van der Waals surface area contributed by atoms with E-state index in [1.54, 1.807) is 6.26 Å². The first-order valence-corrected chi connectivity index (χ1v) is 6.58. The third-order valence-electron chi connectivity index (χ3n) is 2.06. The van der Waals surface area contributed by atoms with Gasteiger partial charge in [-0.1, -0.05) is 33.6 Å². The zero-order chi connectivity index (χ0) is 12.3. The number of aldehydes is 1. The molecule has 1 aliphatic heterocycles. The molecule has 0 fully saturated rings. The summed E-state index contributed by atoms with van der Waals surface area (Å²) in [7, 11) is 0.175. The van der Waals surface area contributed by atoms with Crippen molar-refractivity contribution in [2.24, 2.45) is 5.41 Å². The molecule has 3 nitrogen and oxygen atoms in total. The molecule has 0 amide bonds. The van der Waals surface area contributed by atoms with Gasteiger partial charge in [0, 0.05) is 11.8 Å². The summed E-state index contributed by atoms with van der Waals surface area (Å²) in [6, 6.07) is 0. The van der Waals surface area contributed by atoms with E-state index in [4.69, 9.17) is 9.05 Å². The first kappa shape index (κ1) is 15.6. The summed E-state index contributed by atoms with van der Waals surface area (Å²) < 4.78 is 10.1. The van der Waals surface area contributed by atoms with Gasteiger partial charge in [-0.15, -0.1) is 0 Å². The van der Waals surface area contributed by atoms with E-state index >= 15 is 0 Å². The van der Waals surface area contributed by atoms with Gasteiger partial charge in [-0.2, -0.15) is 0 Å². The summed E-state index contributed by atoms with van der Waals surface area (Å²) in [5, 5.41) is 0. The lowest BCUT2D eigenvalue weighted by atomic mass is 9.95. The lowest BCUT2D eigenvalue weighted by molar-refractivity contribution is -0.107. The molecule has 1 heterocycles. The zero-order valence-electron chi connectivity index (χ0n) is 10.5. The van der Waals surface area contributed by atoms with Crippen molar-refractivity contribution in [3.05, 3.63) is 12.3 Å². The van der Waals surface area contributed by atoms with Crippen molar-refractivity contribution in [1.82, 2.24) is 0 Å². The van der Waals surface area contributed by atoms with Crippen molar-refractivity contribution in [3.63, 3.8) is 0 Å². The van der Waals surface area contributed by atoms with Crippen molar-refractivity contribution < 1.29 is 13.8 Å². The van der Waals surface area contributed by atoms with Gasteiger partial charge >= 0.3 is 0 Å². The number of unbranched alkanes of at least 4 members (excludes halogenated alkanes) is 3. The Morgan fingerprint density at radius 2 is 2.19 bits per heavy atom. The van der Waals surface area contributed by atoms with E-state index in [0.29, 0.717) is 0 Å². The van der Waals surface area contributed by atoms with E-state index in [0.717, 1.165) is 25.7 Å². The molecule has 0 aliphatic carbocycles. The number of carbonyl (C=O) groups excluding carboxylic acids is 1. The van der Waals surface area contributed by atoms with Gasteiger partial charge in [-0.05, 0) is 12.5 Å². The Morgan fingerprint density at radius 1 is 1.44 bits per heavy atom.